The van der Waals surface area contributed by atoms with Crippen LogP contribution in [0.25, 0.3) is 0 Å². The number of aryl methyl sites for hydroxylation is 1. The molecule has 0 fully saturated rings. The first-order chi connectivity index (χ1) is 14.3. The number of thiophene rings is 1. The summed E-state index contributed by atoms with van der Waals surface area (Å²) >= 11 is 13.3. The highest BCUT2D eigenvalue weighted by molar-refractivity contribution is 7.12. The lowest BCUT2D eigenvalue weighted by molar-refractivity contribution is 0.0601. The molecule has 3 rings (SSSR count). The van der Waals surface area contributed by atoms with E-state index in [1.165, 1.54) is 42.7 Å². The van der Waals surface area contributed by atoms with Crippen LogP contribution in [0.4, 0.5) is 11.4 Å². The first kappa shape index (κ1) is 21.8. The average molecular weight is 463 g/mol. The van der Waals surface area contributed by atoms with E-state index in [1.54, 1.807) is 17.5 Å². The number of methoxy groups -OCH3 is 1. The Morgan fingerprint density at radius 1 is 0.933 bits per heavy atom. The van der Waals surface area contributed by atoms with Crippen LogP contribution in [0.1, 0.15) is 36.0 Å². The van der Waals surface area contributed by atoms with Crippen LogP contribution in [0.15, 0.2) is 47.8 Å². The monoisotopic (exact) mass is 462 g/mol. The van der Waals surface area contributed by atoms with E-state index in [0.717, 1.165) is 5.56 Å². The van der Waals surface area contributed by atoms with Gasteiger partial charge in [-0.25, -0.2) is 4.79 Å². The van der Waals surface area contributed by atoms with Crippen molar-refractivity contribution in [2.75, 3.05) is 17.7 Å². The molecule has 2 aromatic carbocycles. The third kappa shape index (κ3) is 4.81. The van der Waals surface area contributed by atoms with Crippen LogP contribution in [-0.4, -0.2) is 24.9 Å². The van der Waals surface area contributed by atoms with Crippen LogP contribution in [0.2, 0.25) is 10.0 Å². The Morgan fingerprint density at radius 2 is 1.67 bits per heavy atom. The number of halogens is 2. The second-order valence-corrected chi connectivity index (χ2v) is 7.98. The van der Waals surface area contributed by atoms with Crippen molar-refractivity contribution in [2.24, 2.45) is 0 Å². The molecule has 0 aliphatic carbocycles. The van der Waals surface area contributed by atoms with Crippen LogP contribution >= 0.6 is 34.5 Å². The quantitative estimate of drug-likeness (QED) is 0.479. The average Bonchev–Trinajstić information content (AvgIpc) is 3.16. The minimum absolute atomic E-state index is 0.123. The Balaban J connectivity index is 1.92. The molecule has 1 heterocycles. The zero-order valence-corrected chi connectivity index (χ0v) is 18.2. The number of hydrogen-bond acceptors (Lipinski definition) is 5. The first-order valence-electron chi connectivity index (χ1n) is 8.64. The Kier molecular flexibility index (Phi) is 6.77. The molecule has 0 unspecified atom stereocenters. The molecule has 154 valence electrons. The van der Waals surface area contributed by atoms with E-state index in [-0.39, 0.29) is 22.7 Å². The van der Waals surface area contributed by atoms with Crippen molar-refractivity contribution in [3.05, 3.63) is 79.5 Å². The molecule has 0 saturated carbocycles. The van der Waals surface area contributed by atoms with Crippen molar-refractivity contribution in [2.45, 2.75) is 6.92 Å². The maximum absolute atomic E-state index is 12.7. The smallest absolute Gasteiger partial charge is 0.339 e. The van der Waals surface area contributed by atoms with Crippen molar-refractivity contribution in [1.82, 2.24) is 0 Å². The molecule has 6 nitrogen and oxygen atoms in total. The fraction of sp³-hybridized carbons (Fsp3) is 0.0952. The van der Waals surface area contributed by atoms with Crippen molar-refractivity contribution in [3.8, 4) is 0 Å². The molecular weight excluding hydrogens is 447 g/mol. The molecular formula is C21H16Cl2N2O4S. The molecule has 0 bridgehead atoms. The van der Waals surface area contributed by atoms with Gasteiger partial charge < -0.3 is 15.4 Å². The molecule has 30 heavy (non-hydrogen) atoms. The number of rotatable bonds is 5. The summed E-state index contributed by atoms with van der Waals surface area (Å²) in [5.41, 5.74) is 1.63. The van der Waals surface area contributed by atoms with Gasteiger partial charge in [0, 0.05) is 10.6 Å². The van der Waals surface area contributed by atoms with Crippen LogP contribution in [0.5, 0.6) is 0 Å². The maximum atomic E-state index is 12.7. The predicted molar refractivity (Wildman–Crippen MR) is 119 cm³/mol. The molecule has 3 aromatic rings. The minimum atomic E-state index is -0.641. The van der Waals surface area contributed by atoms with Gasteiger partial charge in [-0.15, -0.1) is 11.3 Å². The molecule has 0 radical (unpaired) electrons. The summed E-state index contributed by atoms with van der Waals surface area (Å²) in [5.74, 6) is -1.51. The van der Waals surface area contributed by atoms with E-state index < -0.39 is 11.9 Å². The van der Waals surface area contributed by atoms with Gasteiger partial charge in [0.2, 0.25) is 0 Å². The first-order valence-corrected chi connectivity index (χ1v) is 10.3. The highest BCUT2D eigenvalue weighted by Gasteiger charge is 2.19. The van der Waals surface area contributed by atoms with Crippen LogP contribution in [0.3, 0.4) is 0 Å². The van der Waals surface area contributed by atoms with Gasteiger partial charge in [-0.05, 0) is 60.3 Å². The van der Waals surface area contributed by atoms with E-state index >= 15 is 0 Å². The minimum Gasteiger partial charge on any atom is -0.465 e. The van der Waals surface area contributed by atoms with Gasteiger partial charge >= 0.3 is 5.97 Å². The summed E-state index contributed by atoms with van der Waals surface area (Å²) in [4.78, 5) is 38.0. The van der Waals surface area contributed by atoms with Crippen molar-refractivity contribution < 1.29 is 19.1 Å². The van der Waals surface area contributed by atoms with E-state index in [4.69, 9.17) is 27.9 Å². The topological polar surface area (TPSA) is 84.5 Å². The Hall–Kier alpha value is -2.87. The number of carbonyl (C=O) groups is 3. The summed E-state index contributed by atoms with van der Waals surface area (Å²) in [6.45, 7) is 1.81. The van der Waals surface area contributed by atoms with Gasteiger partial charge in [0.15, 0.2) is 0 Å². The van der Waals surface area contributed by atoms with E-state index in [0.29, 0.717) is 20.6 Å². The summed E-state index contributed by atoms with van der Waals surface area (Å²) < 4.78 is 4.78. The number of anilines is 2. The second-order valence-electron chi connectivity index (χ2n) is 6.22. The number of amides is 2. The Labute approximate surface area is 186 Å². The third-order valence-electron chi connectivity index (χ3n) is 4.18. The summed E-state index contributed by atoms with van der Waals surface area (Å²) in [6, 6.07) is 10.8. The van der Waals surface area contributed by atoms with E-state index in [2.05, 4.69) is 10.6 Å². The van der Waals surface area contributed by atoms with Crippen LogP contribution in [-0.2, 0) is 4.74 Å². The zero-order chi connectivity index (χ0) is 21.8. The van der Waals surface area contributed by atoms with Gasteiger partial charge in [-0.2, -0.15) is 0 Å². The molecule has 0 atom stereocenters. The van der Waals surface area contributed by atoms with Gasteiger partial charge in [0.05, 0.1) is 33.9 Å². The fourth-order valence-corrected chi connectivity index (χ4v) is 3.81. The molecule has 0 saturated heterocycles. The summed E-state index contributed by atoms with van der Waals surface area (Å²) in [5, 5.41) is 7.88. The molecule has 0 spiro atoms. The number of hydrogen-bond donors (Lipinski definition) is 2. The highest BCUT2D eigenvalue weighted by atomic mass is 35.5. The lowest BCUT2D eigenvalue weighted by atomic mass is 10.1. The fourth-order valence-electron chi connectivity index (χ4n) is 2.65. The third-order valence-corrected chi connectivity index (χ3v) is 5.76. The molecule has 1 aromatic heterocycles. The van der Waals surface area contributed by atoms with E-state index in [9.17, 15) is 14.4 Å². The standard InChI is InChI=1S/C21H16Cl2N2O4S/c1-11-7-8-30-18(11)20(27)24-16-9-12(3-5-14(16)21(28)29-2)19(26)25-17-10-13(22)4-6-15(17)23/h3-10H,1-2H3,(H,24,27)(H,25,26). The van der Waals surface area contributed by atoms with Crippen molar-refractivity contribution in [1.29, 1.82) is 0 Å². The van der Waals surface area contributed by atoms with Crippen molar-refractivity contribution >= 4 is 63.7 Å². The zero-order valence-electron chi connectivity index (χ0n) is 15.9. The van der Waals surface area contributed by atoms with Crippen LogP contribution < -0.4 is 10.6 Å². The number of esters is 1. The number of carbonyl (C=O) groups excluding carboxylic acids is 3. The molecule has 9 heteroatoms. The lowest BCUT2D eigenvalue weighted by Gasteiger charge is -2.13. The number of ether oxygens (including phenoxy) is 1. The molecule has 2 N–H and O–H groups in total. The number of nitrogens with one attached hydrogen (secondary N) is 2. The predicted octanol–water partition coefficient (Wildman–Crippen LogP) is 5.65. The highest BCUT2D eigenvalue weighted by Crippen LogP contribution is 2.27. The van der Waals surface area contributed by atoms with E-state index in [1.807, 2.05) is 13.0 Å². The summed E-state index contributed by atoms with van der Waals surface area (Å²) in [7, 11) is 1.24. The molecule has 2 amide bonds. The van der Waals surface area contributed by atoms with Gasteiger partial charge in [-0.1, -0.05) is 23.2 Å². The Morgan fingerprint density at radius 3 is 2.33 bits per heavy atom. The van der Waals surface area contributed by atoms with Gasteiger partial charge in [0.25, 0.3) is 11.8 Å². The number of benzene rings is 2. The van der Waals surface area contributed by atoms with Crippen molar-refractivity contribution in [3.63, 3.8) is 0 Å². The maximum Gasteiger partial charge on any atom is 0.339 e. The largest absolute Gasteiger partial charge is 0.465 e. The normalized spacial score (nSPS) is 10.4. The summed E-state index contributed by atoms with van der Waals surface area (Å²) in [6.07, 6.45) is 0. The van der Waals surface area contributed by atoms with Gasteiger partial charge in [-0.3, -0.25) is 9.59 Å². The molecule has 0 aliphatic rings. The lowest BCUT2D eigenvalue weighted by Crippen LogP contribution is -2.17. The molecule has 0 aliphatic heterocycles. The second kappa shape index (κ2) is 9.30. The SMILES string of the molecule is COC(=O)c1ccc(C(=O)Nc2cc(Cl)ccc2Cl)cc1NC(=O)c1sccc1C. The Bertz CT molecular complexity index is 1140. The van der Waals surface area contributed by atoms with Crippen LogP contribution in [0, 0.1) is 6.92 Å². The van der Waals surface area contributed by atoms with Gasteiger partial charge in [0.1, 0.15) is 0 Å².